The van der Waals surface area contributed by atoms with Crippen LogP contribution in [-0.2, 0) is 0 Å². The lowest BCUT2D eigenvalue weighted by Gasteiger charge is -2.10. The molecule has 0 aliphatic carbocycles. The maximum absolute atomic E-state index is 10.8. The van der Waals surface area contributed by atoms with Crippen molar-refractivity contribution < 1.29 is 9.90 Å². The van der Waals surface area contributed by atoms with E-state index in [2.05, 4.69) is 4.98 Å². The summed E-state index contributed by atoms with van der Waals surface area (Å²) < 4.78 is 0. The van der Waals surface area contributed by atoms with Crippen LogP contribution in [0.1, 0.15) is 27.5 Å². The molecule has 1 aromatic heterocycles. The van der Waals surface area contributed by atoms with Crippen molar-refractivity contribution in [2.45, 2.75) is 6.04 Å². The first-order valence-corrected chi connectivity index (χ1v) is 4.90. The lowest BCUT2D eigenvalue weighted by Crippen LogP contribution is -2.11. The molecule has 16 heavy (non-hydrogen) atoms. The quantitative estimate of drug-likeness (QED) is 0.731. The SMILES string of the molecule is NC(c1cc[nH]c1)c1cccc(C(=O)O)c1. The summed E-state index contributed by atoms with van der Waals surface area (Å²) in [7, 11) is 0. The van der Waals surface area contributed by atoms with Crippen molar-refractivity contribution in [3.05, 3.63) is 59.4 Å². The minimum atomic E-state index is -0.942. The van der Waals surface area contributed by atoms with E-state index in [1.165, 1.54) is 0 Å². The Labute approximate surface area is 92.7 Å². The van der Waals surface area contributed by atoms with Gasteiger partial charge in [-0.15, -0.1) is 0 Å². The zero-order valence-corrected chi connectivity index (χ0v) is 8.55. The van der Waals surface area contributed by atoms with E-state index in [0.717, 1.165) is 11.1 Å². The number of benzene rings is 1. The highest BCUT2D eigenvalue weighted by atomic mass is 16.4. The van der Waals surface area contributed by atoms with Gasteiger partial charge in [-0.1, -0.05) is 12.1 Å². The van der Waals surface area contributed by atoms with E-state index < -0.39 is 5.97 Å². The number of carbonyl (C=O) groups is 1. The molecule has 0 saturated carbocycles. The number of aromatic amines is 1. The molecule has 1 atom stereocenters. The molecule has 0 bridgehead atoms. The molecule has 4 N–H and O–H groups in total. The van der Waals surface area contributed by atoms with Gasteiger partial charge in [-0.3, -0.25) is 0 Å². The molecule has 0 aliphatic rings. The van der Waals surface area contributed by atoms with E-state index in [9.17, 15) is 4.79 Å². The molecule has 0 amide bonds. The van der Waals surface area contributed by atoms with Crippen LogP contribution in [-0.4, -0.2) is 16.1 Å². The minimum absolute atomic E-state index is 0.253. The lowest BCUT2D eigenvalue weighted by molar-refractivity contribution is 0.0697. The first kappa shape index (κ1) is 10.4. The number of H-pyrrole nitrogens is 1. The van der Waals surface area contributed by atoms with E-state index in [4.69, 9.17) is 10.8 Å². The van der Waals surface area contributed by atoms with Crippen molar-refractivity contribution in [1.82, 2.24) is 4.98 Å². The average molecular weight is 216 g/mol. The Morgan fingerprint density at radius 2 is 2.12 bits per heavy atom. The van der Waals surface area contributed by atoms with Crippen LogP contribution in [0.4, 0.5) is 0 Å². The second-order valence-corrected chi connectivity index (χ2v) is 3.55. The minimum Gasteiger partial charge on any atom is -0.478 e. The number of rotatable bonds is 3. The highest BCUT2D eigenvalue weighted by molar-refractivity contribution is 5.87. The van der Waals surface area contributed by atoms with E-state index in [1.54, 1.807) is 30.6 Å². The molecule has 0 saturated heterocycles. The molecular weight excluding hydrogens is 204 g/mol. The Balaban J connectivity index is 2.34. The van der Waals surface area contributed by atoms with Crippen LogP contribution < -0.4 is 5.73 Å². The van der Waals surface area contributed by atoms with E-state index >= 15 is 0 Å². The highest BCUT2D eigenvalue weighted by Gasteiger charge is 2.11. The van der Waals surface area contributed by atoms with Gasteiger partial charge in [-0.2, -0.15) is 0 Å². The summed E-state index contributed by atoms with van der Waals surface area (Å²) in [4.78, 5) is 13.7. The van der Waals surface area contributed by atoms with Gasteiger partial charge in [0.15, 0.2) is 0 Å². The van der Waals surface area contributed by atoms with Crippen molar-refractivity contribution in [3.63, 3.8) is 0 Å². The molecule has 0 aliphatic heterocycles. The second-order valence-electron chi connectivity index (χ2n) is 3.55. The number of aromatic nitrogens is 1. The van der Waals surface area contributed by atoms with E-state index in [1.807, 2.05) is 12.1 Å². The Bertz CT molecular complexity index is 491. The monoisotopic (exact) mass is 216 g/mol. The van der Waals surface area contributed by atoms with Crippen LogP contribution in [0, 0.1) is 0 Å². The predicted molar refractivity (Wildman–Crippen MR) is 60.2 cm³/mol. The van der Waals surface area contributed by atoms with Gasteiger partial charge in [0.2, 0.25) is 0 Å². The number of hydrogen-bond acceptors (Lipinski definition) is 2. The molecule has 1 aromatic carbocycles. The molecule has 82 valence electrons. The standard InChI is InChI=1S/C12H12N2O2/c13-11(10-4-5-14-7-10)8-2-1-3-9(6-8)12(15)16/h1-7,11,14H,13H2,(H,15,16). The number of nitrogens with one attached hydrogen (secondary N) is 1. The van der Waals surface area contributed by atoms with Crippen molar-refractivity contribution in [1.29, 1.82) is 0 Å². The molecule has 4 heteroatoms. The fourth-order valence-corrected chi connectivity index (χ4v) is 1.59. The Hall–Kier alpha value is -2.07. The van der Waals surface area contributed by atoms with Crippen molar-refractivity contribution in [2.24, 2.45) is 5.73 Å². The van der Waals surface area contributed by atoms with Gasteiger partial charge in [0.1, 0.15) is 0 Å². The molecule has 0 spiro atoms. The van der Waals surface area contributed by atoms with Gasteiger partial charge in [0, 0.05) is 12.4 Å². The lowest BCUT2D eigenvalue weighted by atomic mass is 10.0. The van der Waals surface area contributed by atoms with Crippen LogP contribution in [0.3, 0.4) is 0 Å². The Morgan fingerprint density at radius 3 is 2.75 bits per heavy atom. The van der Waals surface area contributed by atoms with Crippen LogP contribution in [0.25, 0.3) is 0 Å². The van der Waals surface area contributed by atoms with Gasteiger partial charge in [-0.05, 0) is 29.3 Å². The van der Waals surface area contributed by atoms with Gasteiger partial charge >= 0.3 is 5.97 Å². The van der Waals surface area contributed by atoms with E-state index in [-0.39, 0.29) is 11.6 Å². The first-order valence-electron chi connectivity index (χ1n) is 4.90. The summed E-state index contributed by atoms with van der Waals surface area (Å²) in [5.41, 5.74) is 7.99. The van der Waals surface area contributed by atoms with Crippen molar-refractivity contribution in [2.75, 3.05) is 0 Å². The largest absolute Gasteiger partial charge is 0.478 e. The fourth-order valence-electron chi connectivity index (χ4n) is 1.59. The summed E-state index contributed by atoms with van der Waals surface area (Å²) in [6.45, 7) is 0. The maximum Gasteiger partial charge on any atom is 0.335 e. The topological polar surface area (TPSA) is 79.1 Å². The number of aromatic carboxylic acids is 1. The van der Waals surface area contributed by atoms with Gasteiger partial charge < -0.3 is 15.8 Å². The molecule has 2 aromatic rings. The average Bonchev–Trinajstić information content (AvgIpc) is 2.81. The third-order valence-electron chi connectivity index (χ3n) is 2.47. The molecule has 1 unspecified atom stereocenters. The fraction of sp³-hybridized carbons (Fsp3) is 0.0833. The first-order chi connectivity index (χ1) is 7.68. The summed E-state index contributed by atoms with van der Waals surface area (Å²) in [5.74, 6) is -0.942. The van der Waals surface area contributed by atoms with Crippen LogP contribution in [0.5, 0.6) is 0 Å². The zero-order chi connectivity index (χ0) is 11.5. The Morgan fingerprint density at radius 1 is 1.31 bits per heavy atom. The van der Waals surface area contributed by atoms with Crippen LogP contribution in [0.2, 0.25) is 0 Å². The number of carboxylic acids is 1. The Kier molecular flexibility index (Phi) is 2.74. The van der Waals surface area contributed by atoms with Gasteiger partial charge in [0.25, 0.3) is 0 Å². The van der Waals surface area contributed by atoms with Crippen molar-refractivity contribution >= 4 is 5.97 Å². The molecule has 0 fully saturated rings. The maximum atomic E-state index is 10.8. The third kappa shape index (κ3) is 1.97. The van der Waals surface area contributed by atoms with Gasteiger partial charge in [0.05, 0.1) is 11.6 Å². The normalized spacial score (nSPS) is 12.3. The molecular formula is C12H12N2O2. The molecule has 0 radical (unpaired) electrons. The number of hydrogen-bond donors (Lipinski definition) is 3. The summed E-state index contributed by atoms with van der Waals surface area (Å²) in [6, 6.07) is 8.24. The van der Waals surface area contributed by atoms with Gasteiger partial charge in [-0.25, -0.2) is 4.79 Å². The summed E-state index contributed by atoms with van der Waals surface area (Å²) in [6.07, 6.45) is 3.59. The second kappa shape index (κ2) is 4.20. The van der Waals surface area contributed by atoms with Crippen LogP contribution in [0.15, 0.2) is 42.7 Å². The zero-order valence-electron chi connectivity index (χ0n) is 8.55. The van der Waals surface area contributed by atoms with E-state index in [0.29, 0.717) is 0 Å². The third-order valence-corrected chi connectivity index (χ3v) is 2.47. The number of carboxylic acid groups (broad SMARTS) is 1. The van der Waals surface area contributed by atoms with Crippen molar-refractivity contribution in [3.8, 4) is 0 Å². The molecule has 1 heterocycles. The van der Waals surface area contributed by atoms with Crippen LogP contribution >= 0.6 is 0 Å². The number of nitrogens with two attached hydrogens (primary N) is 1. The summed E-state index contributed by atoms with van der Waals surface area (Å²) >= 11 is 0. The highest BCUT2D eigenvalue weighted by Crippen LogP contribution is 2.19. The molecule has 2 rings (SSSR count). The summed E-state index contributed by atoms with van der Waals surface area (Å²) in [5, 5.41) is 8.87. The molecule has 4 nitrogen and oxygen atoms in total. The smallest absolute Gasteiger partial charge is 0.335 e. The predicted octanol–water partition coefficient (Wildman–Crippen LogP) is 1.76.